The molecular weight excluding hydrogens is 266 g/mol. The first-order valence-electron chi connectivity index (χ1n) is 5.63. The van der Waals surface area contributed by atoms with Crippen LogP contribution >= 0.6 is 11.6 Å². The molecule has 1 aromatic carbocycles. The van der Waals surface area contributed by atoms with Gasteiger partial charge in [-0.15, -0.1) is 0 Å². The van der Waals surface area contributed by atoms with Crippen LogP contribution in [-0.4, -0.2) is 23.2 Å². The number of nitrogens with zero attached hydrogens (tertiary/aromatic N) is 1. The van der Waals surface area contributed by atoms with Gasteiger partial charge in [0, 0.05) is 30.6 Å². The lowest BCUT2D eigenvalue weighted by Gasteiger charge is -2.07. The predicted octanol–water partition coefficient (Wildman–Crippen LogP) is 2.75. The fourth-order valence-corrected chi connectivity index (χ4v) is 1.85. The van der Waals surface area contributed by atoms with Crippen molar-refractivity contribution in [1.29, 1.82) is 0 Å². The Morgan fingerprint density at radius 2 is 2.21 bits per heavy atom. The minimum absolute atomic E-state index is 0.0931. The van der Waals surface area contributed by atoms with Gasteiger partial charge in [-0.05, 0) is 24.3 Å². The Kier molecular flexibility index (Phi) is 4.02. The van der Waals surface area contributed by atoms with Crippen LogP contribution in [0.2, 0.25) is 5.02 Å². The predicted molar refractivity (Wildman–Crippen MR) is 72.1 cm³/mol. The monoisotopic (exact) mass is 277 g/mol. The number of ketones is 1. The van der Waals surface area contributed by atoms with Gasteiger partial charge in [0.05, 0.1) is 5.02 Å². The van der Waals surface area contributed by atoms with Gasteiger partial charge in [-0.25, -0.2) is 0 Å². The maximum Gasteiger partial charge on any atom is 0.201 e. The lowest BCUT2D eigenvalue weighted by Crippen LogP contribution is -2.11. The SMILES string of the molecule is Cn1ccc(C(=O)COc2ccc(C=O)cc2Cl)c1. The van der Waals surface area contributed by atoms with Crippen LogP contribution in [0.5, 0.6) is 5.75 Å². The fraction of sp³-hybridized carbons (Fsp3) is 0.143. The van der Waals surface area contributed by atoms with E-state index in [9.17, 15) is 9.59 Å². The normalized spacial score (nSPS) is 10.2. The number of rotatable bonds is 5. The lowest BCUT2D eigenvalue weighted by atomic mass is 10.2. The van der Waals surface area contributed by atoms with Gasteiger partial charge < -0.3 is 9.30 Å². The quantitative estimate of drug-likeness (QED) is 0.624. The number of hydrogen-bond acceptors (Lipinski definition) is 3. The number of hydrogen-bond donors (Lipinski definition) is 0. The summed E-state index contributed by atoms with van der Waals surface area (Å²) in [5.74, 6) is 0.257. The molecule has 1 aromatic heterocycles. The number of aldehydes is 1. The second kappa shape index (κ2) is 5.71. The van der Waals surface area contributed by atoms with Crippen molar-refractivity contribution < 1.29 is 14.3 Å². The third-order valence-corrected chi connectivity index (χ3v) is 2.90. The van der Waals surface area contributed by atoms with E-state index in [4.69, 9.17) is 16.3 Å². The zero-order valence-electron chi connectivity index (χ0n) is 10.3. The van der Waals surface area contributed by atoms with Crippen molar-refractivity contribution in [2.45, 2.75) is 0 Å². The topological polar surface area (TPSA) is 48.3 Å². The molecule has 0 saturated carbocycles. The van der Waals surface area contributed by atoms with Crippen LogP contribution in [0.3, 0.4) is 0 Å². The number of aromatic nitrogens is 1. The minimum atomic E-state index is -0.129. The van der Waals surface area contributed by atoms with Crippen LogP contribution in [0.15, 0.2) is 36.7 Å². The number of Topliss-reactive ketones (excluding diaryl/α,β-unsaturated/α-hetero) is 1. The fourth-order valence-electron chi connectivity index (χ4n) is 1.60. The van der Waals surface area contributed by atoms with Gasteiger partial charge in [-0.3, -0.25) is 9.59 Å². The molecule has 4 nitrogen and oxygen atoms in total. The Morgan fingerprint density at radius 1 is 1.42 bits per heavy atom. The molecule has 2 aromatic rings. The molecule has 0 unspecified atom stereocenters. The van der Waals surface area contributed by atoms with Gasteiger partial charge in [-0.1, -0.05) is 11.6 Å². The molecule has 0 saturated heterocycles. The molecule has 0 aliphatic heterocycles. The van der Waals surface area contributed by atoms with Crippen LogP contribution in [-0.2, 0) is 7.05 Å². The van der Waals surface area contributed by atoms with Crippen LogP contribution in [0.4, 0.5) is 0 Å². The summed E-state index contributed by atoms with van der Waals surface area (Å²) < 4.78 is 7.15. The van der Waals surface area contributed by atoms with Gasteiger partial charge in [0.15, 0.2) is 6.61 Å². The molecule has 0 amide bonds. The molecule has 0 atom stereocenters. The van der Waals surface area contributed by atoms with Crippen molar-refractivity contribution in [1.82, 2.24) is 4.57 Å². The largest absolute Gasteiger partial charge is 0.484 e. The summed E-state index contributed by atoms with van der Waals surface area (Å²) in [4.78, 5) is 22.4. The molecule has 98 valence electrons. The molecule has 0 N–H and O–H groups in total. The highest BCUT2D eigenvalue weighted by atomic mass is 35.5. The van der Waals surface area contributed by atoms with Gasteiger partial charge in [-0.2, -0.15) is 0 Å². The highest BCUT2D eigenvalue weighted by Crippen LogP contribution is 2.25. The highest BCUT2D eigenvalue weighted by Gasteiger charge is 2.09. The summed E-state index contributed by atoms with van der Waals surface area (Å²) in [5.41, 5.74) is 1.05. The first kappa shape index (κ1) is 13.4. The van der Waals surface area contributed by atoms with E-state index in [2.05, 4.69) is 0 Å². The van der Waals surface area contributed by atoms with Crippen molar-refractivity contribution in [3.8, 4) is 5.75 Å². The average molecular weight is 278 g/mol. The minimum Gasteiger partial charge on any atom is -0.484 e. The summed E-state index contributed by atoms with van der Waals surface area (Å²) in [7, 11) is 1.84. The Morgan fingerprint density at radius 3 is 2.79 bits per heavy atom. The molecule has 19 heavy (non-hydrogen) atoms. The van der Waals surface area contributed by atoms with E-state index in [-0.39, 0.29) is 12.4 Å². The third kappa shape index (κ3) is 3.23. The summed E-state index contributed by atoms with van der Waals surface area (Å²) in [6, 6.07) is 6.38. The number of halogens is 1. The Hall–Kier alpha value is -2.07. The van der Waals surface area contributed by atoms with Gasteiger partial charge in [0.1, 0.15) is 12.0 Å². The average Bonchev–Trinajstić information content (AvgIpc) is 2.83. The van der Waals surface area contributed by atoms with E-state index >= 15 is 0 Å². The first-order chi connectivity index (χ1) is 9.10. The Labute approximate surface area is 115 Å². The molecule has 0 aliphatic carbocycles. The van der Waals surface area contributed by atoms with Crippen LogP contribution in [0.1, 0.15) is 20.7 Å². The molecule has 0 bridgehead atoms. The van der Waals surface area contributed by atoms with Crippen LogP contribution < -0.4 is 4.74 Å². The van der Waals surface area contributed by atoms with Crippen molar-refractivity contribution in [2.24, 2.45) is 7.05 Å². The number of carbonyl (C=O) groups excluding carboxylic acids is 2. The van der Waals surface area contributed by atoms with E-state index in [1.807, 2.05) is 7.05 Å². The highest BCUT2D eigenvalue weighted by molar-refractivity contribution is 6.32. The van der Waals surface area contributed by atoms with Crippen LogP contribution in [0, 0.1) is 0 Å². The Balaban J connectivity index is 2.02. The summed E-state index contributed by atoms with van der Waals surface area (Å²) in [6.07, 6.45) is 4.21. The van der Waals surface area contributed by atoms with Crippen molar-refractivity contribution in [3.05, 3.63) is 52.8 Å². The Bertz CT molecular complexity index is 619. The second-order valence-corrected chi connectivity index (χ2v) is 4.49. The van der Waals surface area contributed by atoms with Crippen LogP contribution in [0.25, 0.3) is 0 Å². The molecule has 1 heterocycles. The van der Waals surface area contributed by atoms with E-state index in [1.54, 1.807) is 35.2 Å². The standard InChI is InChI=1S/C14H12ClNO3/c1-16-5-4-11(7-16)13(18)9-19-14-3-2-10(8-17)6-12(14)15/h2-8H,9H2,1H3. The zero-order chi connectivity index (χ0) is 13.8. The summed E-state index contributed by atoms with van der Waals surface area (Å²) in [6.45, 7) is -0.0931. The number of aryl methyl sites for hydroxylation is 1. The van der Waals surface area contributed by atoms with Crippen molar-refractivity contribution >= 4 is 23.7 Å². The van der Waals surface area contributed by atoms with E-state index < -0.39 is 0 Å². The maximum atomic E-state index is 11.8. The molecule has 5 heteroatoms. The number of carbonyl (C=O) groups is 2. The van der Waals surface area contributed by atoms with Crippen molar-refractivity contribution in [2.75, 3.05) is 6.61 Å². The summed E-state index contributed by atoms with van der Waals surface area (Å²) >= 11 is 5.94. The van der Waals surface area contributed by atoms with Gasteiger partial charge in [0.25, 0.3) is 0 Å². The summed E-state index contributed by atoms with van der Waals surface area (Å²) in [5, 5.41) is 0.311. The number of benzene rings is 1. The van der Waals surface area contributed by atoms with E-state index in [0.29, 0.717) is 28.2 Å². The third-order valence-electron chi connectivity index (χ3n) is 2.60. The maximum absolute atomic E-state index is 11.8. The number of ether oxygens (including phenoxy) is 1. The molecule has 0 spiro atoms. The van der Waals surface area contributed by atoms with E-state index in [0.717, 1.165) is 0 Å². The lowest BCUT2D eigenvalue weighted by molar-refractivity contribution is 0.0921. The molecule has 0 aliphatic rings. The molecule has 0 radical (unpaired) electrons. The van der Waals surface area contributed by atoms with Gasteiger partial charge >= 0.3 is 0 Å². The van der Waals surface area contributed by atoms with Crippen molar-refractivity contribution in [3.63, 3.8) is 0 Å². The van der Waals surface area contributed by atoms with Gasteiger partial charge in [0.2, 0.25) is 5.78 Å². The van der Waals surface area contributed by atoms with E-state index in [1.165, 1.54) is 6.07 Å². The smallest absolute Gasteiger partial charge is 0.201 e. The molecular formula is C14H12ClNO3. The first-order valence-corrected chi connectivity index (χ1v) is 6.00. The second-order valence-electron chi connectivity index (χ2n) is 4.09. The zero-order valence-corrected chi connectivity index (χ0v) is 11.1. The molecule has 0 fully saturated rings. The molecule has 2 rings (SSSR count).